The number of hydrogen-bond acceptors (Lipinski definition) is 5. The predicted octanol–water partition coefficient (Wildman–Crippen LogP) is 2.78. The highest BCUT2D eigenvalue weighted by Gasteiger charge is 2.10. The van der Waals surface area contributed by atoms with Crippen LogP contribution in [0.15, 0.2) is 28.7 Å². The van der Waals surface area contributed by atoms with Gasteiger partial charge in [0.1, 0.15) is 17.4 Å². The number of aromatic nitrogens is 1. The van der Waals surface area contributed by atoms with Crippen molar-refractivity contribution >= 4 is 28.8 Å². The number of benzene rings is 1. The Balaban J connectivity index is 2.21. The number of thiazole rings is 1. The van der Waals surface area contributed by atoms with Gasteiger partial charge >= 0.3 is 0 Å². The van der Waals surface area contributed by atoms with Crippen LogP contribution in [0, 0.1) is 6.92 Å². The molecule has 0 spiro atoms. The van der Waals surface area contributed by atoms with Crippen molar-refractivity contribution in [3.05, 3.63) is 44.9 Å². The number of halogens is 1. The van der Waals surface area contributed by atoms with Gasteiger partial charge in [0.15, 0.2) is 5.84 Å². The van der Waals surface area contributed by atoms with Crippen molar-refractivity contribution in [1.29, 1.82) is 0 Å². The zero-order valence-corrected chi connectivity index (χ0v) is 11.7. The van der Waals surface area contributed by atoms with Crippen LogP contribution in [0.1, 0.15) is 16.3 Å². The van der Waals surface area contributed by atoms with Crippen LogP contribution in [0.25, 0.3) is 0 Å². The summed E-state index contributed by atoms with van der Waals surface area (Å²) >= 11 is 7.43. The molecular formula is C12H12ClN3O2S. The molecule has 7 heteroatoms. The Labute approximate surface area is 119 Å². The maximum absolute atomic E-state index is 8.73. The molecule has 0 aliphatic heterocycles. The number of nitrogens with two attached hydrogens (primary N) is 1. The number of amidine groups is 1. The van der Waals surface area contributed by atoms with Crippen LogP contribution in [0.4, 0.5) is 0 Å². The Morgan fingerprint density at radius 1 is 1.58 bits per heavy atom. The van der Waals surface area contributed by atoms with Crippen molar-refractivity contribution in [3.63, 3.8) is 0 Å². The molecule has 0 saturated carbocycles. The Morgan fingerprint density at radius 2 is 2.37 bits per heavy atom. The zero-order chi connectivity index (χ0) is 13.8. The maximum atomic E-state index is 8.73. The molecule has 0 aliphatic rings. The summed E-state index contributed by atoms with van der Waals surface area (Å²) in [6, 6.07) is 4.91. The van der Waals surface area contributed by atoms with Gasteiger partial charge in [0.2, 0.25) is 0 Å². The van der Waals surface area contributed by atoms with Crippen LogP contribution in [0.2, 0.25) is 5.02 Å². The number of nitrogens with zero attached hydrogens (tertiary/aromatic N) is 2. The minimum absolute atomic E-state index is 0.0259. The summed E-state index contributed by atoms with van der Waals surface area (Å²) in [5.74, 6) is 0.428. The quantitative estimate of drug-likeness (QED) is 0.393. The van der Waals surface area contributed by atoms with Gasteiger partial charge in [-0.1, -0.05) is 16.8 Å². The topological polar surface area (TPSA) is 80.7 Å². The Morgan fingerprint density at radius 3 is 3.00 bits per heavy atom. The molecule has 0 aliphatic carbocycles. The minimum atomic E-state index is -0.0259. The lowest BCUT2D eigenvalue weighted by Gasteiger charge is -2.09. The van der Waals surface area contributed by atoms with Crippen LogP contribution in [-0.2, 0) is 6.61 Å². The summed E-state index contributed by atoms with van der Waals surface area (Å²) < 4.78 is 5.63. The number of rotatable bonds is 4. The van der Waals surface area contributed by atoms with Gasteiger partial charge in [-0.05, 0) is 25.1 Å². The summed E-state index contributed by atoms with van der Waals surface area (Å²) in [4.78, 5) is 4.29. The van der Waals surface area contributed by atoms with Crippen LogP contribution in [0.5, 0.6) is 5.75 Å². The van der Waals surface area contributed by atoms with Crippen molar-refractivity contribution in [2.45, 2.75) is 13.5 Å². The second-order valence-electron chi connectivity index (χ2n) is 3.80. The van der Waals surface area contributed by atoms with Crippen LogP contribution in [0.3, 0.4) is 0 Å². The van der Waals surface area contributed by atoms with E-state index < -0.39 is 0 Å². The number of oxime groups is 1. The SMILES string of the molecule is Cc1csc(COc2cc(Cl)ccc2/C(N)=N/O)n1. The second-order valence-corrected chi connectivity index (χ2v) is 5.18. The number of hydrogen-bond donors (Lipinski definition) is 2. The van der Waals surface area contributed by atoms with E-state index in [9.17, 15) is 0 Å². The molecule has 100 valence electrons. The Bertz CT molecular complexity index is 613. The van der Waals surface area contributed by atoms with Gasteiger partial charge in [0, 0.05) is 16.1 Å². The largest absolute Gasteiger partial charge is 0.486 e. The van der Waals surface area contributed by atoms with E-state index in [-0.39, 0.29) is 5.84 Å². The second kappa shape index (κ2) is 5.90. The first-order valence-electron chi connectivity index (χ1n) is 5.41. The van der Waals surface area contributed by atoms with Crippen LogP contribution in [-0.4, -0.2) is 16.0 Å². The van der Waals surface area contributed by atoms with E-state index in [1.54, 1.807) is 18.2 Å². The Hall–Kier alpha value is -1.79. The summed E-state index contributed by atoms with van der Waals surface area (Å²) in [7, 11) is 0. The van der Waals surface area contributed by atoms with Crippen molar-refractivity contribution in [2.24, 2.45) is 10.9 Å². The molecule has 0 atom stereocenters. The molecule has 0 bridgehead atoms. The molecule has 2 aromatic rings. The van der Waals surface area contributed by atoms with E-state index in [4.69, 9.17) is 27.3 Å². The molecule has 0 radical (unpaired) electrons. The van der Waals surface area contributed by atoms with Crippen LogP contribution < -0.4 is 10.5 Å². The van der Waals surface area contributed by atoms with E-state index in [1.165, 1.54) is 11.3 Å². The first kappa shape index (κ1) is 13.6. The van der Waals surface area contributed by atoms with Crippen molar-refractivity contribution in [1.82, 2.24) is 4.98 Å². The van der Waals surface area contributed by atoms with Crippen molar-refractivity contribution < 1.29 is 9.94 Å². The normalized spacial score (nSPS) is 11.6. The molecule has 2 rings (SSSR count). The lowest BCUT2D eigenvalue weighted by atomic mass is 10.2. The molecule has 0 saturated heterocycles. The van der Waals surface area contributed by atoms with E-state index >= 15 is 0 Å². The van der Waals surface area contributed by atoms with E-state index in [0.717, 1.165) is 10.7 Å². The molecule has 0 fully saturated rings. The van der Waals surface area contributed by atoms with Gasteiger partial charge in [0.05, 0.1) is 5.56 Å². The first-order chi connectivity index (χ1) is 9.10. The highest BCUT2D eigenvalue weighted by atomic mass is 35.5. The third-order valence-corrected chi connectivity index (χ3v) is 3.52. The molecule has 19 heavy (non-hydrogen) atoms. The van der Waals surface area contributed by atoms with E-state index in [0.29, 0.717) is 22.9 Å². The average Bonchev–Trinajstić information content (AvgIpc) is 2.81. The van der Waals surface area contributed by atoms with Crippen molar-refractivity contribution in [3.8, 4) is 5.75 Å². The minimum Gasteiger partial charge on any atom is -0.486 e. The molecule has 1 aromatic heterocycles. The molecule has 1 aromatic carbocycles. The summed E-state index contributed by atoms with van der Waals surface area (Å²) in [6.45, 7) is 2.23. The fourth-order valence-electron chi connectivity index (χ4n) is 1.49. The predicted molar refractivity (Wildman–Crippen MR) is 75.1 cm³/mol. The summed E-state index contributed by atoms with van der Waals surface area (Å²) in [5.41, 5.74) is 7.02. The lowest BCUT2D eigenvalue weighted by molar-refractivity contribution is 0.302. The maximum Gasteiger partial charge on any atom is 0.173 e. The van der Waals surface area contributed by atoms with Crippen molar-refractivity contribution in [2.75, 3.05) is 0 Å². The standard InChI is InChI=1S/C12H12ClN3O2S/c1-7-6-19-11(15-7)5-18-10-4-8(13)2-3-9(10)12(14)16-17/h2-4,6,17H,5H2,1H3,(H2,14,16). The monoisotopic (exact) mass is 297 g/mol. The van der Waals surface area contributed by atoms with Gasteiger partial charge in [-0.2, -0.15) is 0 Å². The Kier molecular flexibility index (Phi) is 4.24. The highest BCUT2D eigenvalue weighted by Crippen LogP contribution is 2.24. The third-order valence-electron chi connectivity index (χ3n) is 2.35. The van der Waals surface area contributed by atoms with Gasteiger partial charge in [-0.3, -0.25) is 0 Å². The first-order valence-corrected chi connectivity index (χ1v) is 6.67. The molecule has 1 heterocycles. The lowest BCUT2D eigenvalue weighted by Crippen LogP contribution is -2.14. The molecule has 0 amide bonds. The van der Waals surface area contributed by atoms with Crippen LogP contribution >= 0.6 is 22.9 Å². The molecule has 0 unspecified atom stereocenters. The van der Waals surface area contributed by atoms with E-state index in [1.807, 2.05) is 12.3 Å². The molecule has 5 nitrogen and oxygen atoms in total. The van der Waals surface area contributed by atoms with Gasteiger partial charge < -0.3 is 15.7 Å². The average molecular weight is 298 g/mol. The fraction of sp³-hybridized carbons (Fsp3) is 0.167. The van der Waals surface area contributed by atoms with E-state index in [2.05, 4.69) is 10.1 Å². The third kappa shape index (κ3) is 3.36. The fourth-order valence-corrected chi connectivity index (χ4v) is 2.33. The highest BCUT2D eigenvalue weighted by molar-refractivity contribution is 7.09. The van der Waals surface area contributed by atoms with Gasteiger partial charge in [-0.15, -0.1) is 11.3 Å². The molecular weight excluding hydrogens is 286 g/mol. The number of ether oxygens (including phenoxy) is 1. The summed E-state index contributed by atoms with van der Waals surface area (Å²) in [5, 5.41) is 15.0. The van der Waals surface area contributed by atoms with Gasteiger partial charge in [0.25, 0.3) is 0 Å². The van der Waals surface area contributed by atoms with Gasteiger partial charge in [-0.25, -0.2) is 4.98 Å². The smallest absolute Gasteiger partial charge is 0.173 e. The zero-order valence-electron chi connectivity index (χ0n) is 10.1. The summed E-state index contributed by atoms with van der Waals surface area (Å²) in [6.07, 6.45) is 0. The molecule has 3 N–H and O–H groups in total. The number of aryl methyl sites for hydroxylation is 1.